The fraction of sp³-hybridized carbons (Fsp3) is 0.440. The van der Waals surface area contributed by atoms with Gasteiger partial charge in [0.15, 0.2) is 11.0 Å². The maximum Gasteiger partial charge on any atom is 0.341 e. The van der Waals surface area contributed by atoms with Crippen molar-refractivity contribution in [3.63, 3.8) is 0 Å². The lowest BCUT2D eigenvalue weighted by atomic mass is 9.95. The van der Waals surface area contributed by atoms with Gasteiger partial charge in [-0.1, -0.05) is 29.5 Å². The van der Waals surface area contributed by atoms with E-state index in [1.165, 1.54) is 33.5 Å². The number of hydrogen-bond acceptors (Lipinski definition) is 8. The van der Waals surface area contributed by atoms with Crippen LogP contribution >= 0.6 is 23.1 Å². The van der Waals surface area contributed by atoms with E-state index in [2.05, 4.69) is 15.5 Å². The maximum atomic E-state index is 12.8. The minimum absolute atomic E-state index is 0.155. The number of fused-ring (bicyclic) bond motifs is 1. The summed E-state index contributed by atoms with van der Waals surface area (Å²) in [4.78, 5) is 26.6. The maximum absolute atomic E-state index is 12.8. The number of anilines is 1. The highest BCUT2D eigenvalue weighted by Gasteiger charge is 2.27. The fourth-order valence-corrected chi connectivity index (χ4v) is 6.11. The molecule has 0 fully saturated rings. The number of carbonyl (C=O) groups excluding carboxylic acids is 2. The molecule has 0 atom stereocenters. The van der Waals surface area contributed by atoms with E-state index in [0.717, 1.165) is 37.0 Å². The van der Waals surface area contributed by atoms with Crippen molar-refractivity contribution in [2.45, 2.75) is 64.8 Å². The molecule has 0 unspecified atom stereocenters. The predicted molar refractivity (Wildman–Crippen MR) is 137 cm³/mol. The molecule has 1 N–H and O–H groups in total. The smallest absolute Gasteiger partial charge is 0.341 e. The van der Waals surface area contributed by atoms with Crippen molar-refractivity contribution in [3.05, 3.63) is 51.7 Å². The number of benzene rings is 1. The number of nitrogens with one attached hydrogen (secondary N) is 1. The zero-order valence-corrected chi connectivity index (χ0v) is 21.9. The molecule has 10 heteroatoms. The van der Waals surface area contributed by atoms with Crippen LogP contribution in [-0.4, -0.2) is 39.0 Å². The molecule has 186 valence electrons. The highest BCUT2D eigenvalue weighted by Crippen LogP contribution is 2.38. The number of nitrogens with zero attached hydrogens (tertiary/aromatic N) is 3. The van der Waals surface area contributed by atoms with Gasteiger partial charge in [-0.05, 0) is 64.2 Å². The number of amides is 1. The number of thiophene rings is 1. The first-order chi connectivity index (χ1) is 17.0. The Bertz CT molecular complexity index is 1190. The molecule has 1 aromatic carbocycles. The number of esters is 1. The molecule has 4 rings (SSSR count). The van der Waals surface area contributed by atoms with Crippen LogP contribution in [-0.2, 0) is 35.5 Å². The number of rotatable bonds is 10. The number of aryl methyl sites for hydroxylation is 2. The SMILES string of the molecule is CCOC(=O)c1c(NC(=O)CSc2nnc(COc3ccc(C)cc3)n2CC)sc2c1CCCC2. The third kappa shape index (κ3) is 6.05. The van der Waals surface area contributed by atoms with Crippen LogP contribution in [0.4, 0.5) is 5.00 Å². The summed E-state index contributed by atoms with van der Waals surface area (Å²) in [6.07, 6.45) is 3.92. The highest BCUT2D eigenvalue weighted by molar-refractivity contribution is 7.99. The van der Waals surface area contributed by atoms with Crippen molar-refractivity contribution in [1.82, 2.24) is 14.8 Å². The zero-order valence-electron chi connectivity index (χ0n) is 20.3. The van der Waals surface area contributed by atoms with Crippen LogP contribution in [0.5, 0.6) is 5.75 Å². The summed E-state index contributed by atoms with van der Waals surface area (Å²) in [6.45, 7) is 7.07. The van der Waals surface area contributed by atoms with Gasteiger partial charge in [0.05, 0.1) is 17.9 Å². The number of hydrogen-bond donors (Lipinski definition) is 1. The lowest BCUT2D eigenvalue weighted by Gasteiger charge is -2.12. The normalized spacial score (nSPS) is 12.8. The Balaban J connectivity index is 1.39. The van der Waals surface area contributed by atoms with E-state index in [1.54, 1.807) is 6.92 Å². The summed E-state index contributed by atoms with van der Waals surface area (Å²) in [5, 5.41) is 12.7. The Morgan fingerprint density at radius 3 is 2.66 bits per heavy atom. The summed E-state index contributed by atoms with van der Waals surface area (Å²) in [5.74, 6) is 1.07. The third-order valence-corrected chi connectivity index (χ3v) is 7.91. The summed E-state index contributed by atoms with van der Waals surface area (Å²) in [7, 11) is 0. The van der Waals surface area contributed by atoms with Crippen molar-refractivity contribution in [2.75, 3.05) is 17.7 Å². The molecule has 2 heterocycles. The first-order valence-corrected chi connectivity index (χ1v) is 13.7. The molecular weight excluding hydrogens is 484 g/mol. The van der Waals surface area contributed by atoms with Crippen LogP contribution in [0, 0.1) is 6.92 Å². The van der Waals surface area contributed by atoms with Gasteiger partial charge in [0.1, 0.15) is 17.4 Å². The molecule has 35 heavy (non-hydrogen) atoms. The molecule has 0 bridgehead atoms. The van der Waals surface area contributed by atoms with Gasteiger partial charge in [0.2, 0.25) is 5.91 Å². The van der Waals surface area contributed by atoms with E-state index in [4.69, 9.17) is 9.47 Å². The summed E-state index contributed by atoms with van der Waals surface area (Å²) in [6, 6.07) is 7.85. The second-order valence-electron chi connectivity index (χ2n) is 8.22. The van der Waals surface area contributed by atoms with E-state index in [0.29, 0.717) is 41.3 Å². The van der Waals surface area contributed by atoms with Crippen molar-refractivity contribution in [3.8, 4) is 5.75 Å². The molecule has 1 aliphatic rings. The minimum Gasteiger partial charge on any atom is -0.486 e. The number of carbonyl (C=O) groups is 2. The Labute approximate surface area is 213 Å². The van der Waals surface area contributed by atoms with Crippen LogP contribution in [0.3, 0.4) is 0 Å². The standard InChI is InChI=1S/C25H30N4O4S2/c1-4-29-20(14-33-17-12-10-16(3)11-13-17)27-28-25(29)34-15-21(30)26-23-22(24(31)32-5-2)18-8-6-7-9-19(18)35-23/h10-13H,4-9,14-15H2,1-3H3,(H,26,30). The molecule has 0 aliphatic heterocycles. The van der Waals surface area contributed by atoms with Crippen LogP contribution < -0.4 is 10.1 Å². The molecule has 0 spiro atoms. The zero-order chi connectivity index (χ0) is 24.8. The summed E-state index contributed by atoms with van der Waals surface area (Å²) in [5.41, 5.74) is 2.73. The predicted octanol–water partition coefficient (Wildman–Crippen LogP) is 5.03. The molecule has 1 aliphatic carbocycles. The lowest BCUT2D eigenvalue weighted by Crippen LogP contribution is -2.17. The number of ether oxygens (including phenoxy) is 2. The van der Waals surface area contributed by atoms with Gasteiger partial charge >= 0.3 is 5.97 Å². The first-order valence-electron chi connectivity index (χ1n) is 11.9. The van der Waals surface area contributed by atoms with Crippen molar-refractivity contribution < 1.29 is 19.1 Å². The van der Waals surface area contributed by atoms with Crippen LogP contribution in [0.1, 0.15) is 58.9 Å². The van der Waals surface area contributed by atoms with E-state index >= 15 is 0 Å². The van der Waals surface area contributed by atoms with E-state index < -0.39 is 0 Å². The van der Waals surface area contributed by atoms with Crippen molar-refractivity contribution >= 4 is 40.0 Å². The minimum atomic E-state index is -0.362. The Kier molecular flexibility index (Phi) is 8.46. The number of thioether (sulfide) groups is 1. The monoisotopic (exact) mass is 514 g/mol. The fourth-order valence-electron chi connectivity index (χ4n) is 4.00. The van der Waals surface area contributed by atoms with Gasteiger partial charge in [0, 0.05) is 11.4 Å². The quantitative estimate of drug-likeness (QED) is 0.299. The van der Waals surface area contributed by atoms with Gasteiger partial charge in [-0.3, -0.25) is 4.79 Å². The average Bonchev–Trinajstić information content (AvgIpc) is 3.42. The van der Waals surface area contributed by atoms with Gasteiger partial charge < -0.3 is 19.4 Å². The molecule has 0 radical (unpaired) electrons. The van der Waals surface area contributed by atoms with Crippen LogP contribution in [0.2, 0.25) is 0 Å². The molecule has 0 saturated heterocycles. The Hall–Kier alpha value is -2.85. The van der Waals surface area contributed by atoms with E-state index in [1.807, 2.05) is 42.7 Å². The largest absolute Gasteiger partial charge is 0.486 e. The average molecular weight is 515 g/mol. The molecule has 8 nitrogen and oxygen atoms in total. The number of aromatic nitrogens is 3. The molecular formula is C25H30N4O4S2. The molecule has 0 saturated carbocycles. The Morgan fingerprint density at radius 1 is 1.14 bits per heavy atom. The van der Waals surface area contributed by atoms with Crippen molar-refractivity contribution in [2.24, 2.45) is 0 Å². The molecule has 1 amide bonds. The van der Waals surface area contributed by atoms with Gasteiger partial charge in [-0.25, -0.2) is 4.79 Å². The van der Waals surface area contributed by atoms with Crippen LogP contribution in [0.15, 0.2) is 29.4 Å². The van der Waals surface area contributed by atoms with Crippen LogP contribution in [0.25, 0.3) is 0 Å². The second kappa shape index (κ2) is 11.7. The second-order valence-corrected chi connectivity index (χ2v) is 10.3. The molecule has 2 aromatic heterocycles. The topological polar surface area (TPSA) is 95.3 Å². The highest BCUT2D eigenvalue weighted by atomic mass is 32.2. The van der Waals surface area contributed by atoms with Gasteiger partial charge in [-0.15, -0.1) is 21.5 Å². The molecule has 3 aromatic rings. The summed E-state index contributed by atoms with van der Waals surface area (Å²) < 4.78 is 13.1. The van der Waals surface area contributed by atoms with Gasteiger partial charge in [0.25, 0.3) is 0 Å². The van der Waals surface area contributed by atoms with Crippen molar-refractivity contribution in [1.29, 1.82) is 0 Å². The Morgan fingerprint density at radius 2 is 1.91 bits per heavy atom. The third-order valence-electron chi connectivity index (χ3n) is 5.73. The van der Waals surface area contributed by atoms with E-state index in [-0.39, 0.29) is 17.6 Å². The van der Waals surface area contributed by atoms with E-state index in [9.17, 15) is 9.59 Å². The first kappa shape index (κ1) is 25.2. The lowest BCUT2D eigenvalue weighted by molar-refractivity contribution is -0.113. The summed E-state index contributed by atoms with van der Waals surface area (Å²) >= 11 is 2.80. The van der Waals surface area contributed by atoms with Gasteiger partial charge in [-0.2, -0.15) is 0 Å².